The molecular weight excluding hydrogens is 190 g/mol. The summed E-state index contributed by atoms with van der Waals surface area (Å²) in [7, 11) is 0. The van der Waals surface area contributed by atoms with E-state index < -0.39 is 35.9 Å². The average molecular weight is 205 g/mol. The number of carboxylic acid groups (broad SMARTS) is 2. The molecule has 0 aromatic rings. The van der Waals surface area contributed by atoms with Crippen molar-refractivity contribution in [2.24, 2.45) is 11.7 Å². The van der Waals surface area contributed by atoms with Crippen LogP contribution in [-0.4, -0.2) is 38.9 Å². The lowest BCUT2D eigenvalue weighted by molar-refractivity contribution is -0.166. The maximum atomic E-state index is 10.7. The molecule has 2 atom stereocenters. The Bertz CT molecular complexity index is 240. The summed E-state index contributed by atoms with van der Waals surface area (Å²) in [6.07, 6.45) is -0.505. The Labute approximate surface area is 81.3 Å². The zero-order valence-electron chi connectivity index (χ0n) is 8.10. The average Bonchev–Trinajstić information content (AvgIpc) is 2.02. The van der Waals surface area contributed by atoms with Gasteiger partial charge in [-0.1, -0.05) is 13.8 Å². The van der Waals surface area contributed by atoms with Crippen LogP contribution in [0, 0.1) is 5.92 Å². The molecule has 0 bridgehead atoms. The topological polar surface area (TPSA) is 121 Å². The third-order valence-corrected chi connectivity index (χ3v) is 2.17. The Kier molecular flexibility index (Phi) is 4.03. The fraction of sp³-hybridized carbons (Fsp3) is 0.750. The highest BCUT2D eigenvalue weighted by atomic mass is 16.4. The number of aliphatic hydroxyl groups is 1. The van der Waals surface area contributed by atoms with Gasteiger partial charge in [0.05, 0.1) is 0 Å². The van der Waals surface area contributed by atoms with Crippen molar-refractivity contribution in [2.75, 3.05) is 0 Å². The van der Waals surface area contributed by atoms with Gasteiger partial charge in [0.1, 0.15) is 6.04 Å². The Morgan fingerprint density at radius 2 is 1.79 bits per heavy atom. The van der Waals surface area contributed by atoms with Crippen LogP contribution in [0.4, 0.5) is 0 Å². The van der Waals surface area contributed by atoms with Crippen molar-refractivity contribution >= 4 is 11.9 Å². The van der Waals surface area contributed by atoms with Crippen molar-refractivity contribution in [3.8, 4) is 0 Å². The van der Waals surface area contributed by atoms with Crippen LogP contribution in [0.3, 0.4) is 0 Å². The van der Waals surface area contributed by atoms with E-state index >= 15 is 0 Å². The lowest BCUT2D eigenvalue weighted by Gasteiger charge is -2.28. The molecule has 14 heavy (non-hydrogen) atoms. The van der Waals surface area contributed by atoms with Gasteiger partial charge in [-0.3, -0.25) is 4.79 Å². The van der Waals surface area contributed by atoms with E-state index in [9.17, 15) is 14.7 Å². The van der Waals surface area contributed by atoms with Crippen LogP contribution in [0.1, 0.15) is 20.3 Å². The van der Waals surface area contributed by atoms with E-state index in [1.807, 2.05) is 0 Å². The molecule has 0 saturated heterocycles. The molecule has 6 heteroatoms. The van der Waals surface area contributed by atoms with Crippen LogP contribution >= 0.6 is 0 Å². The van der Waals surface area contributed by atoms with Crippen LogP contribution in [0.5, 0.6) is 0 Å². The Hall–Kier alpha value is -1.14. The summed E-state index contributed by atoms with van der Waals surface area (Å²) < 4.78 is 0. The first kappa shape index (κ1) is 12.9. The van der Waals surface area contributed by atoms with Crippen molar-refractivity contribution in [3.63, 3.8) is 0 Å². The van der Waals surface area contributed by atoms with Gasteiger partial charge in [-0.05, 0) is 5.92 Å². The SMILES string of the molecule is CC(C)C(O)(C[C@H](N)C(=O)O)C(=O)O. The fourth-order valence-electron chi connectivity index (χ4n) is 0.993. The van der Waals surface area contributed by atoms with Crippen LogP contribution < -0.4 is 5.73 Å². The highest BCUT2D eigenvalue weighted by Crippen LogP contribution is 2.22. The van der Waals surface area contributed by atoms with Crippen LogP contribution in [0.15, 0.2) is 0 Å². The van der Waals surface area contributed by atoms with E-state index in [1.54, 1.807) is 0 Å². The van der Waals surface area contributed by atoms with E-state index in [0.717, 1.165) is 0 Å². The second-order valence-corrected chi connectivity index (χ2v) is 3.53. The second kappa shape index (κ2) is 4.39. The van der Waals surface area contributed by atoms with Crippen LogP contribution in [0.2, 0.25) is 0 Å². The lowest BCUT2D eigenvalue weighted by atomic mass is 9.84. The molecule has 0 radical (unpaired) electrons. The molecule has 0 spiro atoms. The van der Waals surface area contributed by atoms with Crippen molar-refractivity contribution in [1.82, 2.24) is 0 Å². The van der Waals surface area contributed by atoms with Gasteiger partial charge in [-0.15, -0.1) is 0 Å². The van der Waals surface area contributed by atoms with Gasteiger partial charge in [0, 0.05) is 6.42 Å². The van der Waals surface area contributed by atoms with Crippen molar-refractivity contribution in [3.05, 3.63) is 0 Å². The molecule has 5 N–H and O–H groups in total. The summed E-state index contributed by atoms with van der Waals surface area (Å²) in [6.45, 7) is 2.98. The first-order chi connectivity index (χ1) is 6.21. The molecule has 1 unspecified atom stereocenters. The number of nitrogens with two attached hydrogens (primary N) is 1. The monoisotopic (exact) mass is 205 g/mol. The third-order valence-electron chi connectivity index (χ3n) is 2.17. The molecule has 0 saturated carbocycles. The highest BCUT2D eigenvalue weighted by molar-refractivity contribution is 5.80. The number of hydrogen-bond acceptors (Lipinski definition) is 4. The summed E-state index contributed by atoms with van der Waals surface area (Å²) >= 11 is 0. The van der Waals surface area contributed by atoms with Gasteiger partial charge >= 0.3 is 11.9 Å². The molecule has 0 amide bonds. The maximum Gasteiger partial charge on any atom is 0.336 e. The molecule has 0 rings (SSSR count). The third kappa shape index (κ3) is 2.68. The quantitative estimate of drug-likeness (QED) is 0.469. The number of carbonyl (C=O) groups is 2. The van der Waals surface area contributed by atoms with Crippen LogP contribution in [-0.2, 0) is 9.59 Å². The predicted molar refractivity (Wildman–Crippen MR) is 47.7 cm³/mol. The summed E-state index contributed by atoms with van der Waals surface area (Å²) in [5.74, 6) is -3.39. The second-order valence-electron chi connectivity index (χ2n) is 3.53. The lowest BCUT2D eigenvalue weighted by Crippen LogP contribution is -2.50. The van der Waals surface area contributed by atoms with Crippen molar-refractivity contribution < 1.29 is 24.9 Å². The van der Waals surface area contributed by atoms with Gasteiger partial charge in [-0.2, -0.15) is 0 Å². The molecule has 0 aromatic carbocycles. The Morgan fingerprint density at radius 1 is 1.36 bits per heavy atom. The highest BCUT2D eigenvalue weighted by Gasteiger charge is 2.42. The van der Waals surface area contributed by atoms with E-state index in [1.165, 1.54) is 13.8 Å². The van der Waals surface area contributed by atoms with Crippen molar-refractivity contribution in [2.45, 2.75) is 31.9 Å². The van der Waals surface area contributed by atoms with Crippen LogP contribution in [0.25, 0.3) is 0 Å². The summed E-state index contributed by atoms with van der Waals surface area (Å²) in [4.78, 5) is 21.1. The smallest absolute Gasteiger partial charge is 0.336 e. The minimum absolute atomic E-state index is 0.505. The van der Waals surface area contributed by atoms with E-state index in [2.05, 4.69) is 0 Å². The van der Waals surface area contributed by atoms with Gasteiger partial charge in [0.25, 0.3) is 0 Å². The molecule has 0 aliphatic heterocycles. The molecule has 0 aromatic heterocycles. The van der Waals surface area contributed by atoms with Gasteiger partial charge in [0.15, 0.2) is 5.60 Å². The van der Waals surface area contributed by atoms with Gasteiger partial charge in [-0.25, -0.2) is 4.79 Å². The Balaban J connectivity index is 4.70. The van der Waals surface area contributed by atoms with E-state index in [-0.39, 0.29) is 0 Å². The minimum Gasteiger partial charge on any atom is -0.480 e. The Morgan fingerprint density at radius 3 is 2.00 bits per heavy atom. The number of rotatable bonds is 5. The number of aliphatic carboxylic acids is 2. The predicted octanol–water partition coefficient (Wildman–Crippen LogP) is -0.740. The number of hydrogen-bond donors (Lipinski definition) is 4. The number of carboxylic acids is 2. The molecule has 82 valence electrons. The normalized spacial score (nSPS) is 17.5. The zero-order chi connectivity index (χ0) is 11.5. The molecule has 0 fully saturated rings. The fourth-order valence-corrected chi connectivity index (χ4v) is 0.993. The van der Waals surface area contributed by atoms with E-state index in [0.29, 0.717) is 0 Å². The molecule has 6 nitrogen and oxygen atoms in total. The standard InChI is InChI=1S/C8H15NO5/c1-4(2)8(14,7(12)13)3-5(9)6(10)11/h4-5,14H,3,9H2,1-2H3,(H,10,11)(H,12,13)/t5-,8?/m0/s1. The van der Waals surface area contributed by atoms with Gasteiger partial charge < -0.3 is 21.1 Å². The largest absolute Gasteiger partial charge is 0.480 e. The molecular formula is C8H15NO5. The molecule has 0 aliphatic rings. The first-order valence-corrected chi connectivity index (χ1v) is 4.16. The molecule has 0 aliphatic carbocycles. The van der Waals surface area contributed by atoms with Gasteiger partial charge in [0.2, 0.25) is 0 Å². The van der Waals surface area contributed by atoms with Crippen molar-refractivity contribution in [1.29, 1.82) is 0 Å². The zero-order valence-corrected chi connectivity index (χ0v) is 8.10. The summed E-state index contributed by atoms with van der Waals surface area (Å²) in [6, 6.07) is -1.38. The first-order valence-electron chi connectivity index (χ1n) is 4.16. The maximum absolute atomic E-state index is 10.7. The summed E-state index contributed by atoms with van der Waals surface area (Å²) in [5, 5.41) is 26.9. The molecule has 0 heterocycles. The summed E-state index contributed by atoms with van der Waals surface area (Å²) in [5.41, 5.74) is 3.07. The van der Waals surface area contributed by atoms with E-state index in [4.69, 9.17) is 15.9 Å². The minimum atomic E-state index is -2.09.